The highest BCUT2D eigenvalue weighted by Gasteiger charge is 2.27. The molecule has 0 amide bonds. The van der Waals surface area contributed by atoms with Crippen molar-refractivity contribution in [3.63, 3.8) is 0 Å². The lowest BCUT2D eigenvalue weighted by Crippen LogP contribution is -2.40. The number of carbonyl (C=O) groups is 1. The fraction of sp³-hybridized carbons (Fsp3) is 0.222. The van der Waals surface area contributed by atoms with E-state index in [0.717, 1.165) is 6.92 Å². The van der Waals surface area contributed by atoms with Crippen LogP contribution < -0.4 is 5.11 Å². The van der Waals surface area contributed by atoms with Gasteiger partial charge in [-0.1, -0.05) is 28.1 Å². The van der Waals surface area contributed by atoms with Crippen LogP contribution in [0.2, 0.25) is 0 Å². The Balaban J connectivity index is 3.14. The smallest absolute Gasteiger partial charge is 0.172 e. The summed E-state index contributed by atoms with van der Waals surface area (Å²) >= 11 is 3.12. The average Bonchev–Trinajstić information content (AvgIpc) is 2.04. The van der Waals surface area contributed by atoms with Crippen LogP contribution in [0, 0.1) is 0 Å². The molecular weight excluding hydrogens is 239 g/mol. The zero-order valence-corrected chi connectivity index (χ0v) is 8.47. The third-order valence-electron chi connectivity index (χ3n) is 1.75. The maximum Gasteiger partial charge on any atom is 0.172 e. The van der Waals surface area contributed by atoms with Crippen molar-refractivity contribution in [3.8, 4) is 0 Å². The highest BCUT2D eigenvalue weighted by atomic mass is 79.9. The molecule has 0 spiro atoms. The summed E-state index contributed by atoms with van der Waals surface area (Å²) in [6.45, 7) is 0.962. The molecule has 0 aliphatic carbocycles. The second-order valence-corrected chi connectivity index (χ2v) is 3.72. The number of alkyl halides is 1. The number of hydrogen-bond donors (Lipinski definition) is 0. The Morgan fingerprint density at radius 1 is 1.62 bits per heavy atom. The molecule has 0 aliphatic heterocycles. The molecule has 1 rings (SSSR count). The van der Waals surface area contributed by atoms with Gasteiger partial charge in [-0.25, -0.2) is 4.39 Å². The summed E-state index contributed by atoms with van der Waals surface area (Å²) in [6.07, 6.45) is 0. The highest BCUT2D eigenvalue weighted by Crippen LogP contribution is 2.26. The summed E-state index contributed by atoms with van der Waals surface area (Å²) in [6, 6.07) is 6.07. The van der Waals surface area contributed by atoms with E-state index in [2.05, 4.69) is 15.9 Å². The monoisotopic (exact) mass is 245 g/mol. The van der Waals surface area contributed by atoms with Crippen LogP contribution in [-0.4, -0.2) is 5.97 Å². The molecule has 1 unspecified atom stereocenters. The molecule has 13 heavy (non-hydrogen) atoms. The molecule has 0 N–H and O–H groups in total. The number of carboxylic acids is 1. The molecule has 0 fully saturated rings. The van der Waals surface area contributed by atoms with Gasteiger partial charge in [-0.15, -0.1) is 0 Å². The summed E-state index contributed by atoms with van der Waals surface area (Å²) in [7, 11) is 0. The minimum absolute atomic E-state index is 0.0712. The molecule has 70 valence electrons. The molecule has 0 radical (unpaired) electrons. The van der Waals surface area contributed by atoms with Crippen LogP contribution in [0.1, 0.15) is 12.5 Å². The number of rotatable bonds is 2. The van der Waals surface area contributed by atoms with Gasteiger partial charge in [0.15, 0.2) is 5.67 Å². The van der Waals surface area contributed by atoms with E-state index in [1.54, 1.807) is 12.1 Å². The lowest BCUT2D eigenvalue weighted by atomic mass is 9.98. The predicted molar refractivity (Wildman–Crippen MR) is 47.6 cm³/mol. The Kier molecular flexibility index (Phi) is 2.71. The third kappa shape index (κ3) is 2.06. The Morgan fingerprint density at radius 3 is 2.69 bits per heavy atom. The molecule has 0 heterocycles. The van der Waals surface area contributed by atoms with Crippen molar-refractivity contribution >= 4 is 21.9 Å². The van der Waals surface area contributed by atoms with Crippen molar-refractivity contribution in [2.45, 2.75) is 12.6 Å². The van der Waals surface area contributed by atoms with E-state index < -0.39 is 11.6 Å². The Hall–Kier alpha value is -0.900. The zero-order valence-electron chi connectivity index (χ0n) is 6.88. The first-order valence-electron chi connectivity index (χ1n) is 3.61. The van der Waals surface area contributed by atoms with Gasteiger partial charge in [0, 0.05) is 4.47 Å². The first-order valence-corrected chi connectivity index (χ1v) is 4.40. The van der Waals surface area contributed by atoms with Crippen LogP contribution in [0.4, 0.5) is 4.39 Å². The van der Waals surface area contributed by atoms with Crippen molar-refractivity contribution in [2.75, 3.05) is 0 Å². The van der Waals surface area contributed by atoms with E-state index in [4.69, 9.17) is 0 Å². The van der Waals surface area contributed by atoms with E-state index in [1.165, 1.54) is 12.1 Å². The molecule has 4 heteroatoms. The molecule has 0 aliphatic rings. The Bertz CT molecular complexity index is 336. The van der Waals surface area contributed by atoms with E-state index in [9.17, 15) is 14.3 Å². The number of benzene rings is 1. The molecule has 2 nitrogen and oxygen atoms in total. The van der Waals surface area contributed by atoms with Crippen LogP contribution in [0.5, 0.6) is 0 Å². The Labute approximate surface area is 83.5 Å². The fourth-order valence-corrected chi connectivity index (χ4v) is 1.30. The van der Waals surface area contributed by atoms with Crippen molar-refractivity contribution in [3.05, 3.63) is 34.3 Å². The van der Waals surface area contributed by atoms with Crippen LogP contribution in [0.25, 0.3) is 0 Å². The van der Waals surface area contributed by atoms with E-state index in [-0.39, 0.29) is 5.56 Å². The van der Waals surface area contributed by atoms with Gasteiger partial charge in [0.1, 0.15) is 0 Å². The zero-order chi connectivity index (χ0) is 10.1. The van der Waals surface area contributed by atoms with Gasteiger partial charge < -0.3 is 9.90 Å². The quantitative estimate of drug-likeness (QED) is 0.790. The maximum absolute atomic E-state index is 13.4. The van der Waals surface area contributed by atoms with Crippen LogP contribution >= 0.6 is 15.9 Å². The van der Waals surface area contributed by atoms with Gasteiger partial charge in [0.25, 0.3) is 0 Å². The Morgan fingerprint density at radius 2 is 2.23 bits per heavy atom. The maximum atomic E-state index is 13.4. The van der Waals surface area contributed by atoms with E-state index in [1.807, 2.05) is 0 Å². The minimum atomic E-state index is -2.44. The molecule has 0 bridgehead atoms. The lowest BCUT2D eigenvalue weighted by molar-refractivity contribution is -0.319. The molecule has 1 atom stereocenters. The number of hydrogen-bond acceptors (Lipinski definition) is 2. The third-order valence-corrected chi connectivity index (χ3v) is 2.24. The number of carboxylic acid groups (broad SMARTS) is 1. The summed E-state index contributed by atoms with van der Waals surface area (Å²) in [5.41, 5.74) is -2.37. The molecular formula is C9H7BrFO2-. The van der Waals surface area contributed by atoms with E-state index >= 15 is 0 Å². The van der Waals surface area contributed by atoms with Gasteiger partial charge in [0.05, 0.1) is 5.97 Å². The average molecular weight is 246 g/mol. The molecule has 0 saturated heterocycles. The van der Waals surface area contributed by atoms with Crippen molar-refractivity contribution in [2.24, 2.45) is 0 Å². The van der Waals surface area contributed by atoms with Gasteiger partial charge in [-0.05, 0) is 24.6 Å². The second-order valence-electron chi connectivity index (χ2n) is 2.80. The van der Waals surface area contributed by atoms with Gasteiger partial charge in [0.2, 0.25) is 0 Å². The van der Waals surface area contributed by atoms with Gasteiger partial charge in [-0.3, -0.25) is 0 Å². The molecule has 0 aromatic heterocycles. The highest BCUT2D eigenvalue weighted by molar-refractivity contribution is 9.10. The number of aliphatic carboxylic acids is 1. The lowest BCUT2D eigenvalue weighted by Gasteiger charge is -2.21. The first kappa shape index (κ1) is 10.2. The predicted octanol–water partition coefficient (Wildman–Crippen LogP) is 1.38. The van der Waals surface area contributed by atoms with Crippen LogP contribution in [-0.2, 0) is 10.5 Å². The van der Waals surface area contributed by atoms with Crippen molar-refractivity contribution in [1.29, 1.82) is 0 Å². The largest absolute Gasteiger partial charge is 0.546 e. The molecule has 1 aromatic rings. The van der Waals surface area contributed by atoms with Crippen molar-refractivity contribution < 1.29 is 14.3 Å². The van der Waals surface area contributed by atoms with Crippen LogP contribution in [0.3, 0.4) is 0 Å². The first-order chi connectivity index (χ1) is 5.94. The topological polar surface area (TPSA) is 40.1 Å². The minimum Gasteiger partial charge on any atom is -0.546 e. The van der Waals surface area contributed by atoms with Gasteiger partial charge >= 0.3 is 0 Å². The number of carbonyl (C=O) groups excluding carboxylic acids is 1. The summed E-state index contributed by atoms with van der Waals surface area (Å²) in [4.78, 5) is 10.4. The van der Waals surface area contributed by atoms with Gasteiger partial charge in [-0.2, -0.15) is 0 Å². The SMILES string of the molecule is CC(F)(C(=O)[O-])c1cccc(Br)c1. The molecule has 1 aromatic carbocycles. The number of halogens is 2. The van der Waals surface area contributed by atoms with Crippen LogP contribution in [0.15, 0.2) is 28.7 Å². The van der Waals surface area contributed by atoms with Crippen molar-refractivity contribution in [1.82, 2.24) is 0 Å². The summed E-state index contributed by atoms with van der Waals surface area (Å²) < 4.78 is 14.1. The fourth-order valence-electron chi connectivity index (χ4n) is 0.898. The standard InChI is InChI=1S/C9H8BrFO2/c1-9(11,8(12)13)6-3-2-4-7(10)5-6/h2-5H,1H3,(H,12,13)/p-1. The summed E-state index contributed by atoms with van der Waals surface area (Å²) in [5.74, 6) is -1.73. The molecule has 0 saturated carbocycles. The normalized spacial score (nSPS) is 15.0. The van der Waals surface area contributed by atoms with E-state index in [0.29, 0.717) is 4.47 Å². The summed E-state index contributed by atoms with van der Waals surface area (Å²) in [5, 5.41) is 10.4. The second kappa shape index (κ2) is 3.46.